The summed E-state index contributed by atoms with van der Waals surface area (Å²) in [6.07, 6.45) is 4.46. The van der Waals surface area contributed by atoms with E-state index < -0.39 is 0 Å². The minimum atomic E-state index is -0.281. The van der Waals surface area contributed by atoms with Crippen LogP contribution < -0.4 is 5.32 Å². The molecular formula is C15H27N3O. The molecule has 2 atom stereocenters. The third-order valence-corrected chi connectivity index (χ3v) is 5.03. The lowest BCUT2D eigenvalue weighted by molar-refractivity contribution is -0.0533. The van der Waals surface area contributed by atoms with E-state index in [0.717, 1.165) is 39.1 Å². The molecule has 2 rings (SSSR count). The highest BCUT2D eigenvalue weighted by atomic mass is 16.5. The summed E-state index contributed by atoms with van der Waals surface area (Å²) < 4.78 is 5.56. The lowest BCUT2D eigenvalue weighted by Crippen LogP contribution is -2.54. The first kappa shape index (κ1) is 14.8. The minimum Gasteiger partial charge on any atom is -0.378 e. The van der Waals surface area contributed by atoms with Crippen molar-refractivity contribution in [1.82, 2.24) is 10.2 Å². The molecule has 0 aromatic rings. The molecular weight excluding hydrogens is 238 g/mol. The summed E-state index contributed by atoms with van der Waals surface area (Å²) in [5.41, 5.74) is -0.151. The highest BCUT2D eigenvalue weighted by Gasteiger charge is 2.42. The van der Waals surface area contributed by atoms with Crippen molar-refractivity contribution in [3.05, 3.63) is 0 Å². The fourth-order valence-electron chi connectivity index (χ4n) is 3.62. The Hall–Kier alpha value is -0.630. The predicted molar refractivity (Wildman–Crippen MR) is 75.8 cm³/mol. The van der Waals surface area contributed by atoms with Gasteiger partial charge in [-0.2, -0.15) is 5.26 Å². The van der Waals surface area contributed by atoms with Crippen molar-refractivity contribution < 1.29 is 4.74 Å². The number of morpholine rings is 1. The molecule has 0 radical (unpaired) electrons. The molecule has 0 aromatic carbocycles. The van der Waals surface area contributed by atoms with Crippen LogP contribution in [0, 0.1) is 17.2 Å². The van der Waals surface area contributed by atoms with Crippen LogP contribution in [0.15, 0.2) is 0 Å². The van der Waals surface area contributed by atoms with Gasteiger partial charge in [-0.3, -0.25) is 4.90 Å². The quantitative estimate of drug-likeness (QED) is 0.841. The first-order valence-electron chi connectivity index (χ1n) is 7.47. The second-order valence-electron chi connectivity index (χ2n) is 6.56. The fourth-order valence-corrected chi connectivity index (χ4v) is 3.62. The Morgan fingerprint density at radius 3 is 2.89 bits per heavy atom. The van der Waals surface area contributed by atoms with Gasteiger partial charge in [0.1, 0.15) is 5.54 Å². The number of hydrogen-bond acceptors (Lipinski definition) is 4. The van der Waals surface area contributed by atoms with Crippen molar-refractivity contribution in [1.29, 1.82) is 5.26 Å². The summed E-state index contributed by atoms with van der Waals surface area (Å²) in [4.78, 5) is 2.52. The average molecular weight is 265 g/mol. The first-order valence-corrected chi connectivity index (χ1v) is 7.47. The number of rotatable bonds is 4. The molecule has 2 unspecified atom stereocenters. The van der Waals surface area contributed by atoms with Gasteiger partial charge in [-0.25, -0.2) is 0 Å². The van der Waals surface area contributed by atoms with Gasteiger partial charge in [-0.15, -0.1) is 0 Å². The Bertz CT molecular complexity index is 350. The first-order chi connectivity index (χ1) is 9.04. The van der Waals surface area contributed by atoms with E-state index in [9.17, 15) is 5.26 Å². The third kappa shape index (κ3) is 2.94. The molecule has 4 heteroatoms. The Morgan fingerprint density at radius 2 is 2.26 bits per heavy atom. The van der Waals surface area contributed by atoms with Gasteiger partial charge in [0.15, 0.2) is 0 Å². The Labute approximate surface area is 117 Å². The molecule has 1 saturated carbocycles. The van der Waals surface area contributed by atoms with Gasteiger partial charge in [0.2, 0.25) is 0 Å². The molecule has 1 aliphatic carbocycles. The zero-order valence-corrected chi connectivity index (χ0v) is 12.5. The fraction of sp³-hybridized carbons (Fsp3) is 0.933. The molecule has 0 spiro atoms. The van der Waals surface area contributed by atoms with Crippen LogP contribution in [0.1, 0.15) is 39.5 Å². The summed E-state index contributed by atoms with van der Waals surface area (Å²) in [5.74, 6) is 0.487. The monoisotopic (exact) mass is 265 g/mol. The van der Waals surface area contributed by atoms with Gasteiger partial charge in [0.05, 0.1) is 19.3 Å². The smallest absolute Gasteiger partial charge is 0.109 e. The van der Waals surface area contributed by atoms with E-state index >= 15 is 0 Å². The molecule has 1 N–H and O–H groups in total. The van der Waals surface area contributed by atoms with E-state index in [2.05, 4.69) is 30.1 Å². The topological polar surface area (TPSA) is 48.3 Å². The molecule has 1 heterocycles. The molecule has 108 valence electrons. The van der Waals surface area contributed by atoms with E-state index in [4.69, 9.17) is 4.74 Å². The number of ether oxygens (including phenoxy) is 1. The van der Waals surface area contributed by atoms with Crippen LogP contribution in [-0.2, 0) is 4.74 Å². The molecule has 1 aliphatic heterocycles. The standard InChI is InChI=1S/C15H27N3O/c1-14(2)12-19-10-9-18(14)8-6-13-5-4-7-15(13,11-16)17-3/h13,17H,4-10,12H2,1-3H3. The van der Waals surface area contributed by atoms with Crippen LogP contribution in [0.25, 0.3) is 0 Å². The van der Waals surface area contributed by atoms with Crippen molar-refractivity contribution >= 4 is 0 Å². The van der Waals surface area contributed by atoms with Crippen LogP contribution in [0.2, 0.25) is 0 Å². The summed E-state index contributed by atoms with van der Waals surface area (Å²) >= 11 is 0. The van der Waals surface area contributed by atoms with Crippen molar-refractivity contribution in [2.24, 2.45) is 5.92 Å². The molecule has 2 fully saturated rings. The molecule has 1 saturated heterocycles. The van der Waals surface area contributed by atoms with Gasteiger partial charge >= 0.3 is 0 Å². The molecule has 2 aliphatic rings. The molecule has 0 amide bonds. The zero-order chi connectivity index (χ0) is 13.9. The molecule has 4 nitrogen and oxygen atoms in total. The van der Waals surface area contributed by atoms with Gasteiger partial charge in [0.25, 0.3) is 0 Å². The summed E-state index contributed by atoms with van der Waals surface area (Å²) in [5, 5.41) is 12.8. The summed E-state index contributed by atoms with van der Waals surface area (Å²) in [6, 6.07) is 2.53. The maximum Gasteiger partial charge on any atom is 0.109 e. The molecule has 19 heavy (non-hydrogen) atoms. The molecule has 0 bridgehead atoms. The maximum atomic E-state index is 9.48. The van der Waals surface area contributed by atoms with Crippen molar-refractivity contribution in [3.8, 4) is 6.07 Å². The van der Waals surface area contributed by atoms with E-state index in [1.165, 1.54) is 12.8 Å². The van der Waals surface area contributed by atoms with Gasteiger partial charge in [0, 0.05) is 12.1 Å². The lowest BCUT2D eigenvalue weighted by atomic mass is 9.85. The van der Waals surface area contributed by atoms with Crippen LogP contribution >= 0.6 is 0 Å². The Balaban J connectivity index is 1.93. The number of nitrogens with zero attached hydrogens (tertiary/aromatic N) is 2. The lowest BCUT2D eigenvalue weighted by Gasteiger charge is -2.43. The Morgan fingerprint density at radius 1 is 1.47 bits per heavy atom. The van der Waals surface area contributed by atoms with Crippen molar-refractivity contribution in [2.45, 2.75) is 50.6 Å². The largest absolute Gasteiger partial charge is 0.378 e. The van der Waals surface area contributed by atoms with E-state index in [0.29, 0.717) is 5.92 Å². The predicted octanol–water partition coefficient (Wildman–Crippen LogP) is 1.77. The second kappa shape index (κ2) is 5.78. The van der Waals surface area contributed by atoms with E-state index in [1.54, 1.807) is 0 Å². The van der Waals surface area contributed by atoms with Crippen LogP contribution in [0.5, 0.6) is 0 Å². The molecule has 0 aromatic heterocycles. The zero-order valence-electron chi connectivity index (χ0n) is 12.5. The van der Waals surface area contributed by atoms with Crippen LogP contribution in [0.3, 0.4) is 0 Å². The van der Waals surface area contributed by atoms with Gasteiger partial charge in [-0.1, -0.05) is 6.42 Å². The highest BCUT2D eigenvalue weighted by Crippen LogP contribution is 2.37. The van der Waals surface area contributed by atoms with Crippen LogP contribution in [0.4, 0.5) is 0 Å². The van der Waals surface area contributed by atoms with Crippen LogP contribution in [-0.4, -0.2) is 49.3 Å². The number of hydrogen-bond donors (Lipinski definition) is 1. The third-order valence-electron chi connectivity index (χ3n) is 5.03. The van der Waals surface area contributed by atoms with E-state index in [-0.39, 0.29) is 11.1 Å². The Kier molecular flexibility index (Phi) is 4.50. The van der Waals surface area contributed by atoms with Gasteiger partial charge in [-0.05, 0) is 52.6 Å². The normalized spacial score (nSPS) is 35.2. The second-order valence-corrected chi connectivity index (χ2v) is 6.56. The summed E-state index contributed by atoms with van der Waals surface area (Å²) in [7, 11) is 1.93. The number of nitrogens with one attached hydrogen (secondary N) is 1. The van der Waals surface area contributed by atoms with E-state index in [1.807, 2.05) is 7.05 Å². The summed E-state index contributed by atoms with van der Waals surface area (Å²) in [6.45, 7) is 8.23. The average Bonchev–Trinajstić information content (AvgIpc) is 2.80. The SMILES string of the molecule is CNC1(C#N)CCCC1CCN1CCOCC1(C)C. The highest BCUT2D eigenvalue weighted by molar-refractivity contribution is 5.13. The van der Waals surface area contributed by atoms with Gasteiger partial charge < -0.3 is 10.1 Å². The maximum absolute atomic E-state index is 9.48. The van der Waals surface area contributed by atoms with Crippen molar-refractivity contribution in [3.63, 3.8) is 0 Å². The minimum absolute atomic E-state index is 0.131. The van der Waals surface area contributed by atoms with Crippen molar-refractivity contribution in [2.75, 3.05) is 33.4 Å². The number of nitriles is 1.